The molecule has 1 heterocycles. The number of aliphatic hydroxyl groups is 1. The monoisotopic (exact) mass is 247 g/mol. The van der Waals surface area contributed by atoms with Crippen LogP contribution in [0.1, 0.15) is 13.3 Å². The van der Waals surface area contributed by atoms with Crippen molar-refractivity contribution in [2.75, 3.05) is 18.9 Å². The molecule has 16 heavy (non-hydrogen) atoms. The first kappa shape index (κ1) is 13.0. The zero-order valence-electron chi connectivity index (χ0n) is 8.84. The SMILES string of the molecule is CCOC(=O)CC(O)CN1C(=O)CSC1=O. The molecule has 1 unspecified atom stereocenters. The van der Waals surface area contributed by atoms with Crippen molar-refractivity contribution in [2.45, 2.75) is 19.4 Å². The molecule has 1 atom stereocenters. The van der Waals surface area contributed by atoms with Crippen LogP contribution in [0.3, 0.4) is 0 Å². The standard InChI is InChI=1S/C9H13NO5S/c1-2-15-8(13)3-6(11)4-10-7(12)5-16-9(10)14/h6,11H,2-5H2,1H3. The van der Waals surface area contributed by atoms with Crippen LogP contribution in [-0.4, -0.2) is 52.1 Å². The van der Waals surface area contributed by atoms with E-state index in [1.54, 1.807) is 6.92 Å². The number of aliphatic hydroxyl groups excluding tert-OH is 1. The maximum absolute atomic E-state index is 11.2. The van der Waals surface area contributed by atoms with E-state index in [1.165, 1.54) is 0 Å². The maximum atomic E-state index is 11.2. The number of β-amino-alcohol motifs (C(OH)–C–C–N with tert-alkyl or cyclic N) is 1. The lowest BCUT2D eigenvalue weighted by atomic mass is 10.2. The number of thioether (sulfide) groups is 1. The first-order valence-electron chi connectivity index (χ1n) is 4.85. The fourth-order valence-electron chi connectivity index (χ4n) is 1.25. The van der Waals surface area contributed by atoms with E-state index in [1.807, 2.05) is 0 Å². The fraction of sp³-hybridized carbons (Fsp3) is 0.667. The van der Waals surface area contributed by atoms with Gasteiger partial charge in [-0.15, -0.1) is 0 Å². The average Bonchev–Trinajstić information content (AvgIpc) is 2.49. The molecular formula is C9H13NO5S. The van der Waals surface area contributed by atoms with E-state index in [0.29, 0.717) is 0 Å². The average molecular weight is 247 g/mol. The number of hydrogen-bond acceptors (Lipinski definition) is 6. The number of amides is 2. The number of esters is 1. The number of rotatable bonds is 5. The molecule has 0 aromatic rings. The quantitative estimate of drug-likeness (QED) is 0.688. The van der Waals surface area contributed by atoms with Gasteiger partial charge in [-0.1, -0.05) is 11.8 Å². The van der Waals surface area contributed by atoms with Crippen LogP contribution in [-0.2, 0) is 14.3 Å². The van der Waals surface area contributed by atoms with Gasteiger partial charge in [0, 0.05) is 0 Å². The van der Waals surface area contributed by atoms with Gasteiger partial charge in [0.25, 0.3) is 5.24 Å². The van der Waals surface area contributed by atoms with Crippen LogP contribution >= 0.6 is 11.8 Å². The largest absolute Gasteiger partial charge is 0.466 e. The van der Waals surface area contributed by atoms with E-state index in [0.717, 1.165) is 16.7 Å². The number of carbonyl (C=O) groups excluding carboxylic acids is 3. The fourth-order valence-corrected chi connectivity index (χ4v) is 1.98. The molecule has 1 saturated heterocycles. The van der Waals surface area contributed by atoms with Gasteiger partial charge in [-0.25, -0.2) is 0 Å². The molecule has 1 aliphatic rings. The van der Waals surface area contributed by atoms with Crippen molar-refractivity contribution < 1.29 is 24.2 Å². The molecule has 0 spiro atoms. The van der Waals surface area contributed by atoms with Crippen molar-refractivity contribution in [3.63, 3.8) is 0 Å². The highest BCUT2D eigenvalue weighted by Gasteiger charge is 2.31. The Balaban J connectivity index is 2.39. The Morgan fingerprint density at radius 2 is 2.31 bits per heavy atom. The van der Waals surface area contributed by atoms with Crippen molar-refractivity contribution in [2.24, 2.45) is 0 Å². The van der Waals surface area contributed by atoms with Crippen molar-refractivity contribution in [1.82, 2.24) is 4.90 Å². The smallest absolute Gasteiger partial charge is 0.308 e. The Kier molecular flexibility index (Phi) is 4.75. The molecular weight excluding hydrogens is 234 g/mol. The molecule has 6 nitrogen and oxygen atoms in total. The molecule has 0 radical (unpaired) electrons. The van der Waals surface area contributed by atoms with Gasteiger partial charge >= 0.3 is 5.97 Å². The minimum Gasteiger partial charge on any atom is -0.466 e. The zero-order chi connectivity index (χ0) is 12.1. The summed E-state index contributed by atoms with van der Waals surface area (Å²) >= 11 is 0.895. The van der Waals surface area contributed by atoms with Gasteiger partial charge < -0.3 is 9.84 Å². The van der Waals surface area contributed by atoms with Gasteiger partial charge in [0.1, 0.15) is 0 Å². The topological polar surface area (TPSA) is 83.9 Å². The molecule has 0 aromatic heterocycles. The predicted octanol–water partition coefficient (Wildman–Crippen LogP) is -0.00410. The molecule has 0 saturated carbocycles. The van der Waals surface area contributed by atoms with Gasteiger partial charge in [-0.2, -0.15) is 0 Å². The van der Waals surface area contributed by atoms with Crippen molar-refractivity contribution in [1.29, 1.82) is 0 Å². The summed E-state index contributed by atoms with van der Waals surface area (Å²) in [4.78, 5) is 34.3. The van der Waals surface area contributed by atoms with E-state index in [9.17, 15) is 19.5 Å². The summed E-state index contributed by atoms with van der Waals surface area (Å²) in [6, 6.07) is 0. The molecule has 7 heteroatoms. The number of imide groups is 1. The third-order valence-corrected chi connectivity index (χ3v) is 2.80. The molecule has 1 aliphatic heterocycles. The third-order valence-electron chi connectivity index (χ3n) is 1.94. The Bertz CT molecular complexity index is 290. The molecule has 1 rings (SSSR count). The Hall–Kier alpha value is -1.08. The second-order valence-electron chi connectivity index (χ2n) is 3.22. The van der Waals surface area contributed by atoms with Crippen molar-refractivity contribution in [3.05, 3.63) is 0 Å². The zero-order valence-corrected chi connectivity index (χ0v) is 9.66. The van der Waals surface area contributed by atoms with E-state index in [-0.39, 0.29) is 36.5 Å². The molecule has 1 fully saturated rings. The van der Waals surface area contributed by atoms with Crippen LogP contribution < -0.4 is 0 Å². The number of nitrogens with zero attached hydrogens (tertiary/aromatic N) is 1. The van der Waals surface area contributed by atoms with Gasteiger partial charge in [0.15, 0.2) is 0 Å². The summed E-state index contributed by atoms with van der Waals surface area (Å²) in [7, 11) is 0. The second kappa shape index (κ2) is 5.86. The molecule has 1 N–H and O–H groups in total. The van der Waals surface area contributed by atoms with Gasteiger partial charge in [0.05, 0.1) is 31.4 Å². The van der Waals surface area contributed by atoms with Crippen LogP contribution in [0.4, 0.5) is 4.79 Å². The highest BCUT2D eigenvalue weighted by atomic mass is 32.2. The molecule has 0 aromatic carbocycles. The maximum Gasteiger partial charge on any atom is 0.308 e. The molecule has 0 bridgehead atoms. The summed E-state index contributed by atoms with van der Waals surface area (Å²) in [5.41, 5.74) is 0. The van der Waals surface area contributed by atoms with Crippen molar-refractivity contribution >= 4 is 28.9 Å². The van der Waals surface area contributed by atoms with Gasteiger partial charge in [-0.05, 0) is 6.92 Å². The summed E-state index contributed by atoms with van der Waals surface area (Å²) < 4.78 is 4.64. The van der Waals surface area contributed by atoms with Crippen LogP contribution in [0.25, 0.3) is 0 Å². The van der Waals surface area contributed by atoms with Crippen LogP contribution in [0.5, 0.6) is 0 Å². The van der Waals surface area contributed by atoms with Crippen LogP contribution in [0.2, 0.25) is 0 Å². The Labute approximate surface area is 96.9 Å². The van der Waals surface area contributed by atoms with E-state index in [2.05, 4.69) is 4.74 Å². The lowest BCUT2D eigenvalue weighted by Gasteiger charge is -2.16. The normalized spacial score (nSPS) is 17.8. The van der Waals surface area contributed by atoms with Crippen LogP contribution in [0, 0.1) is 0 Å². The number of hydrogen-bond donors (Lipinski definition) is 1. The van der Waals surface area contributed by atoms with E-state index < -0.39 is 12.1 Å². The number of ether oxygens (including phenoxy) is 1. The first-order chi connectivity index (χ1) is 7.54. The van der Waals surface area contributed by atoms with Gasteiger partial charge in [0.2, 0.25) is 5.91 Å². The van der Waals surface area contributed by atoms with Gasteiger partial charge in [-0.3, -0.25) is 19.3 Å². The predicted molar refractivity (Wildman–Crippen MR) is 56.8 cm³/mol. The lowest BCUT2D eigenvalue weighted by molar-refractivity contribution is -0.146. The van der Waals surface area contributed by atoms with E-state index in [4.69, 9.17) is 0 Å². The number of carbonyl (C=O) groups is 3. The van der Waals surface area contributed by atoms with E-state index >= 15 is 0 Å². The minimum atomic E-state index is -1.06. The summed E-state index contributed by atoms with van der Waals surface area (Å²) in [6.45, 7) is 1.75. The molecule has 2 amide bonds. The highest BCUT2D eigenvalue weighted by molar-refractivity contribution is 8.14. The van der Waals surface area contributed by atoms with Crippen LogP contribution in [0.15, 0.2) is 0 Å². The Morgan fingerprint density at radius 3 is 2.81 bits per heavy atom. The van der Waals surface area contributed by atoms with Crippen molar-refractivity contribution in [3.8, 4) is 0 Å². The Morgan fingerprint density at radius 1 is 1.62 bits per heavy atom. The first-order valence-corrected chi connectivity index (χ1v) is 5.84. The molecule has 0 aliphatic carbocycles. The third kappa shape index (κ3) is 3.49. The summed E-state index contributed by atoms with van der Waals surface area (Å²) in [5.74, 6) is -0.773. The lowest BCUT2D eigenvalue weighted by Crippen LogP contribution is -2.37. The summed E-state index contributed by atoms with van der Waals surface area (Å²) in [6.07, 6.45) is -1.28. The summed E-state index contributed by atoms with van der Waals surface area (Å²) in [5, 5.41) is 9.10. The highest BCUT2D eigenvalue weighted by Crippen LogP contribution is 2.19. The minimum absolute atomic E-state index is 0.102. The molecule has 90 valence electrons. The second-order valence-corrected chi connectivity index (χ2v) is 4.15.